The molecule has 0 aromatic carbocycles. The van der Waals surface area contributed by atoms with Crippen LogP contribution in [0.25, 0.3) is 0 Å². The van der Waals surface area contributed by atoms with Crippen LogP contribution in [0.15, 0.2) is 0 Å². The summed E-state index contributed by atoms with van der Waals surface area (Å²) in [4.78, 5) is 0. The maximum absolute atomic E-state index is 9.49. The maximum atomic E-state index is 9.49. The van der Waals surface area contributed by atoms with Crippen LogP contribution < -0.4 is 11.1 Å². The summed E-state index contributed by atoms with van der Waals surface area (Å²) in [7, 11) is 0. The van der Waals surface area contributed by atoms with Crippen LogP contribution in [0.4, 0.5) is 11.5 Å². The molecule has 0 spiro atoms. The van der Waals surface area contributed by atoms with Crippen molar-refractivity contribution in [2.45, 2.75) is 52.5 Å². The molecule has 0 saturated heterocycles. The fraction of sp³-hybridized carbons (Fsp3) is 0.800. The number of anilines is 2. The number of hydrogen-bond acceptors (Lipinski definition) is 4. The lowest BCUT2D eigenvalue weighted by Gasteiger charge is -2.30. The van der Waals surface area contributed by atoms with E-state index >= 15 is 0 Å². The molecule has 1 aromatic heterocycles. The zero-order valence-corrected chi connectivity index (χ0v) is 12.9. The Labute approximate surface area is 121 Å². The van der Waals surface area contributed by atoms with E-state index in [1.54, 1.807) is 0 Å². The van der Waals surface area contributed by atoms with Gasteiger partial charge in [-0.2, -0.15) is 5.10 Å². The average molecular weight is 280 g/mol. The summed E-state index contributed by atoms with van der Waals surface area (Å²) in [6.07, 6.45) is 4.83. The van der Waals surface area contributed by atoms with Crippen LogP contribution in [0.3, 0.4) is 0 Å². The molecule has 0 amide bonds. The first-order valence-electron chi connectivity index (χ1n) is 7.73. The molecule has 5 nitrogen and oxygen atoms in total. The van der Waals surface area contributed by atoms with E-state index in [0.717, 1.165) is 30.2 Å². The van der Waals surface area contributed by atoms with E-state index in [9.17, 15) is 5.11 Å². The Morgan fingerprint density at radius 2 is 2.00 bits per heavy atom. The summed E-state index contributed by atoms with van der Waals surface area (Å²) in [5.41, 5.74) is 7.75. The predicted octanol–water partition coefficient (Wildman–Crippen LogP) is 2.57. The second-order valence-electron chi connectivity index (χ2n) is 6.25. The molecule has 1 aromatic rings. The zero-order chi connectivity index (χ0) is 14.7. The van der Waals surface area contributed by atoms with Crippen LogP contribution in [-0.4, -0.2) is 28.0 Å². The first kappa shape index (κ1) is 15.2. The fourth-order valence-electron chi connectivity index (χ4n) is 3.13. The van der Waals surface area contributed by atoms with Gasteiger partial charge in [0.25, 0.3) is 0 Å². The van der Waals surface area contributed by atoms with Gasteiger partial charge in [-0.3, -0.25) is 0 Å². The topological polar surface area (TPSA) is 76.1 Å². The minimum Gasteiger partial charge on any atom is -0.396 e. The van der Waals surface area contributed by atoms with Crippen molar-refractivity contribution >= 4 is 11.5 Å². The van der Waals surface area contributed by atoms with Crippen molar-refractivity contribution in [3.8, 4) is 0 Å². The lowest BCUT2D eigenvalue weighted by Crippen LogP contribution is -2.29. The normalized spacial score (nSPS) is 23.2. The third-order valence-corrected chi connectivity index (χ3v) is 4.45. The Kier molecular flexibility index (Phi) is 4.91. The van der Waals surface area contributed by atoms with Gasteiger partial charge in [0, 0.05) is 19.2 Å². The summed E-state index contributed by atoms with van der Waals surface area (Å²) < 4.78 is 1.96. The first-order chi connectivity index (χ1) is 9.54. The number of aliphatic hydroxyl groups excluding tert-OH is 1. The number of nitrogens with two attached hydrogens (primary N) is 1. The molecular formula is C15H28N4O. The van der Waals surface area contributed by atoms with Crippen molar-refractivity contribution in [1.82, 2.24) is 9.78 Å². The van der Waals surface area contributed by atoms with Gasteiger partial charge < -0.3 is 16.2 Å². The molecule has 2 rings (SSSR count). The zero-order valence-electron chi connectivity index (χ0n) is 12.9. The number of nitrogen functional groups attached to an aromatic ring is 1. The smallest absolute Gasteiger partial charge is 0.148 e. The summed E-state index contributed by atoms with van der Waals surface area (Å²) in [6.45, 7) is 7.32. The van der Waals surface area contributed by atoms with Gasteiger partial charge in [0.15, 0.2) is 0 Å². The molecule has 1 fully saturated rings. The second kappa shape index (κ2) is 6.48. The highest BCUT2D eigenvalue weighted by molar-refractivity contribution is 5.64. The van der Waals surface area contributed by atoms with Gasteiger partial charge in [0.1, 0.15) is 5.82 Å². The molecule has 4 N–H and O–H groups in total. The van der Waals surface area contributed by atoms with Gasteiger partial charge in [0.05, 0.1) is 11.4 Å². The van der Waals surface area contributed by atoms with E-state index in [-0.39, 0.29) is 6.04 Å². The van der Waals surface area contributed by atoms with E-state index in [2.05, 4.69) is 24.3 Å². The first-order valence-corrected chi connectivity index (χ1v) is 7.73. The molecule has 0 bridgehead atoms. The van der Waals surface area contributed by atoms with E-state index in [4.69, 9.17) is 5.73 Å². The number of aromatic nitrogens is 2. The number of hydrogen-bond donors (Lipinski definition) is 3. The van der Waals surface area contributed by atoms with Gasteiger partial charge in [-0.05, 0) is 45.4 Å². The van der Waals surface area contributed by atoms with Crippen LogP contribution in [-0.2, 0) is 0 Å². The molecule has 2 unspecified atom stereocenters. The van der Waals surface area contributed by atoms with Gasteiger partial charge in [-0.15, -0.1) is 0 Å². The Morgan fingerprint density at radius 1 is 1.35 bits per heavy atom. The predicted molar refractivity (Wildman–Crippen MR) is 82.8 cm³/mol. The number of rotatable bonds is 5. The van der Waals surface area contributed by atoms with Gasteiger partial charge in [-0.1, -0.05) is 12.8 Å². The van der Waals surface area contributed by atoms with E-state index < -0.39 is 0 Å². The van der Waals surface area contributed by atoms with Crippen LogP contribution in [0, 0.1) is 18.8 Å². The lowest BCUT2D eigenvalue weighted by molar-refractivity contribution is 0.141. The van der Waals surface area contributed by atoms with E-state index in [1.165, 1.54) is 19.3 Å². The Balaban J connectivity index is 2.06. The molecule has 1 aliphatic rings. The highest BCUT2D eigenvalue weighted by atomic mass is 16.3. The Bertz CT molecular complexity index is 441. The SMILES string of the molecule is Cc1nn(C(C)C)c(NCC2CCCCC2CO)c1N. The summed E-state index contributed by atoms with van der Waals surface area (Å²) in [5.74, 6) is 1.89. The van der Waals surface area contributed by atoms with Crippen molar-refractivity contribution in [2.75, 3.05) is 24.2 Å². The molecular weight excluding hydrogens is 252 g/mol. The van der Waals surface area contributed by atoms with Gasteiger partial charge in [-0.25, -0.2) is 4.68 Å². The van der Waals surface area contributed by atoms with Crippen LogP contribution in [0.1, 0.15) is 51.3 Å². The number of aliphatic hydroxyl groups is 1. The number of nitrogens with one attached hydrogen (secondary N) is 1. The average Bonchev–Trinajstić information content (AvgIpc) is 2.73. The third kappa shape index (κ3) is 3.08. The molecule has 1 saturated carbocycles. The molecule has 2 atom stereocenters. The molecule has 1 heterocycles. The minimum atomic E-state index is 0.286. The Morgan fingerprint density at radius 3 is 2.60 bits per heavy atom. The monoisotopic (exact) mass is 280 g/mol. The molecule has 5 heteroatoms. The van der Waals surface area contributed by atoms with Crippen molar-refractivity contribution in [1.29, 1.82) is 0 Å². The van der Waals surface area contributed by atoms with Crippen molar-refractivity contribution in [2.24, 2.45) is 11.8 Å². The van der Waals surface area contributed by atoms with Gasteiger partial charge in [0.2, 0.25) is 0 Å². The van der Waals surface area contributed by atoms with Crippen molar-refractivity contribution in [3.05, 3.63) is 5.69 Å². The molecule has 0 radical (unpaired) electrons. The van der Waals surface area contributed by atoms with Crippen molar-refractivity contribution in [3.63, 3.8) is 0 Å². The highest BCUT2D eigenvalue weighted by Gasteiger charge is 2.25. The molecule has 20 heavy (non-hydrogen) atoms. The molecule has 114 valence electrons. The fourth-order valence-corrected chi connectivity index (χ4v) is 3.13. The molecule has 0 aliphatic heterocycles. The lowest BCUT2D eigenvalue weighted by atomic mass is 9.79. The van der Waals surface area contributed by atoms with E-state index in [0.29, 0.717) is 18.4 Å². The summed E-state index contributed by atoms with van der Waals surface area (Å²) >= 11 is 0. The number of aryl methyl sites for hydroxylation is 1. The minimum absolute atomic E-state index is 0.286. The summed E-state index contributed by atoms with van der Waals surface area (Å²) in [5, 5.41) is 17.5. The third-order valence-electron chi connectivity index (χ3n) is 4.45. The van der Waals surface area contributed by atoms with Gasteiger partial charge >= 0.3 is 0 Å². The maximum Gasteiger partial charge on any atom is 0.148 e. The van der Waals surface area contributed by atoms with Crippen molar-refractivity contribution < 1.29 is 5.11 Å². The van der Waals surface area contributed by atoms with Crippen LogP contribution in [0.2, 0.25) is 0 Å². The van der Waals surface area contributed by atoms with E-state index in [1.807, 2.05) is 11.6 Å². The molecule has 1 aliphatic carbocycles. The van der Waals surface area contributed by atoms with Crippen LogP contribution >= 0.6 is 0 Å². The largest absolute Gasteiger partial charge is 0.396 e. The summed E-state index contributed by atoms with van der Waals surface area (Å²) in [6, 6.07) is 0.286. The standard InChI is InChI=1S/C15H28N4O/c1-10(2)19-15(14(16)11(3)18-19)17-8-12-6-4-5-7-13(12)9-20/h10,12-13,17,20H,4-9,16H2,1-3H3. The second-order valence-corrected chi connectivity index (χ2v) is 6.25. The van der Waals surface area contributed by atoms with Crippen LogP contribution in [0.5, 0.6) is 0 Å². The highest BCUT2D eigenvalue weighted by Crippen LogP contribution is 2.31. The quantitative estimate of drug-likeness (QED) is 0.775. The number of nitrogens with zero attached hydrogens (tertiary/aromatic N) is 2. The Hall–Kier alpha value is -1.23.